The minimum absolute atomic E-state index is 0.530. The van der Waals surface area contributed by atoms with Crippen molar-refractivity contribution in [2.24, 2.45) is 0 Å². The fourth-order valence-corrected chi connectivity index (χ4v) is 5.08. The van der Waals surface area contributed by atoms with E-state index in [1.54, 1.807) is 4.88 Å². The molecule has 2 heterocycles. The second kappa shape index (κ2) is 6.88. The zero-order chi connectivity index (χ0) is 13.9. The Morgan fingerprint density at radius 2 is 2.30 bits per heavy atom. The normalized spacial score (nSPS) is 25.4. The number of thiophene rings is 1. The first-order valence-electron chi connectivity index (χ1n) is 7.56. The number of ether oxygens (including phenoxy) is 1. The molecule has 2 atom stereocenters. The fraction of sp³-hybridized carbons (Fsp3) is 0.733. The molecule has 1 fully saturated rings. The maximum Gasteiger partial charge on any atom is 0.0704 e. The molecule has 5 heteroatoms. The van der Waals surface area contributed by atoms with E-state index >= 15 is 0 Å². The number of nitrogens with zero attached hydrogens (tertiary/aromatic N) is 1. The summed E-state index contributed by atoms with van der Waals surface area (Å²) < 4.78 is 6.69. The van der Waals surface area contributed by atoms with Crippen LogP contribution in [0.2, 0.25) is 0 Å². The highest BCUT2D eigenvalue weighted by Crippen LogP contribution is 2.38. The Balaban J connectivity index is 1.57. The van der Waals surface area contributed by atoms with Crippen LogP contribution in [0.15, 0.2) is 9.85 Å². The van der Waals surface area contributed by atoms with Gasteiger partial charge in [-0.2, -0.15) is 0 Å². The maximum atomic E-state index is 5.41. The Morgan fingerprint density at radius 1 is 1.50 bits per heavy atom. The minimum Gasteiger partial charge on any atom is -0.379 e. The third kappa shape index (κ3) is 3.63. The highest BCUT2D eigenvalue weighted by atomic mass is 79.9. The van der Waals surface area contributed by atoms with E-state index in [2.05, 4.69) is 39.1 Å². The molecule has 2 unspecified atom stereocenters. The van der Waals surface area contributed by atoms with Crippen LogP contribution < -0.4 is 5.32 Å². The highest BCUT2D eigenvalue weighted by molar-refractivity contribution is 9.11. The second-order valence-corrected chi connectivity index (χ2v) is 8.37. The van der Waals surface area contributed by atoms with Crippen molar-refractivity contribution in [3.05, 3.63) is 20.3 Å². The standard InChI is InChI=1S/C15H23BrN2OS/c1-11(10-18-5-7-19-8-6-18)17-13-3-2-4-14-12(13)9-15(16)20-14/h9,11,13,17H,2-8,10H2,1H3. The van der Waals surface area contributed by atoms with E-state index in [9.17, 15) is 0 Å². The molecular formula is C15H23BrN2OS. The van der Waals surface area contributed by atoms with Gasteiger partial charge in [-0.3, -0.25) is 4.90 Å². The summed E-state index contributed by atoms with van der Waals surface area (Å²) in [6, 6.07) is 3.39. The first-order chi connectivity index (χ1) is 9.72. The van der Waals surface area contributed by atoms with E-state index in [-0.39, 0.29) is 0 Å². The molecule has 1 aromatic heterocycles. The van der Waals surface area contributed by atoms with Gasteiger partial charge in [0.15, 0.2) is 0 Å². The van der Waals surface area contributed by atoms with Gasteiger partial charge < -0.3 is 10.1 Å². The van der Waals surface area contributed by atoms with Crippen LogP contribution in [-0.4, -0.2) is 43.8 Å². The van der Waals surface area contributed by atoms with Crippen molar-refractivity contribution in [1.29, 1.82) is 0 Å². The van der Waals surface area contributed by atoms with Crippen LogP contribution in [0, 0.1) is 0 Å². The molecule has 0 aromatic carbocycles. The highest BCUT2D eigenvalue weighted by Gasteiger charge is 2.24. The summed E-state index contributed by atoms with van der Waals surface area (Å²) in [5.74, 6) is 0. The molecule has 0 saturated carbocycles. The van der Waals surface area contributed by atoms with Crippen molar-refractivity contribution >= 4 is 27.3 Å². The second-order valence-electron chi connectivity index (χ2n) is 5.85. The molecule has 20 heavy (non-hydrogen) atoms. The lowest BCUT2D eigenvalue weighted by atomic mass is 9.93. The predicted molar refractivity (Wildman–Crippen MR) is 87.6 cm³/mol. The number of aryl methyl sites for hydroxylation is 1. The van der Waals surface area contributed by atoms with Gasteiger partial charge in [-0.15, -0.1) is 11.3 Å². The molecule has 0 spiro atoms. The molecular weight excluding hydrogens is 336 g/mol. The largest absolute Gasteiger partial charge is 0.379 e. The summed E-state index contributed by atoms with van der Waals surface area (Å²) >= 11 is 5.54. The van der Waals surface area contributed by atoms with Crippen LogP contribution in [-0.2, 0) is 11.2 Å². The number of nitrogens with one attached hydrogen (secondary N) is 1. The number of morpholine rings is 1. The molecule has 0 bridgehead atoms. The number of hydrogen-bond donors (Lipinski definition) is 1. The number of fused-ring (bicyclic) bond motifs is 1. The van der Waals surface area contributed by atoms with Crippen LogP contribution in [0.4, 0.5) is 0 Å². The summed E-state index contributed by atoms with van der Waals surface area (Å²) in [7, 11) is 0. The van der Waals surface area contributed by atoms with Gasteiger partial charge in [0, 0.05) is 36.6 Å². The van der Waals surface area contributed by atoms with E-state index in [0.29, 0.717) is 12.1 Å². The molecule has 2 aliphatic rings. The van der Waals surface area contributed by atoms with Gasteiger partial charge >= 0.3 is 0 Å². The third-order valence-electron chi connectivity index (χ3n) is 4.21. The van der Waals surface area contributed by atoms with E-state index in [4.69, 9.17) is 4.74 Å². The van der Waals surface area contributed by atoms with Gasteiger partial charge in [-0.25, -0.2) is 0 Å². The number of halogens is 1. The molecule has 0 amide bonds. The van der Waals surface area contributed by atoms with Gasteiger partial charge in [-0.1, -0.05) is 0 Å². The third-order valence-corrected chi connectivity index (χ3v) is 5.92. The average molecular weight is 359 g/mol. The molecule has 112 valence electrons. The Kier molecular flexibility index (Phi) is 5.15. The Hall–Kier alpha value is 0.0600. The zero-order valence-electron chi connectivity index (χ0n) is 12.0. The first-order valence-corrected chi connectivity index (χ1v) is 9.17. The molecule has 1 aromatic rings. The molecule has 1 aliphatic heterocycles. The van der Waals surface area contributed by atoms with Crippen molar-refractivity contribution in [3.63, 3.8) is 0 Å². The Morgan fingerprint density at radius 3 is 3.10 bits per heavy atom. The summed E-state index contributed by atoms with van der Waals surface area (Å²) in [6.45, 7) is 7.36. The molecule has 3 rings (SSSR count). The van der Waals surface area contributed by atoms with Crippen LogP contribution in [0.25, 0.3) is 0 Å². The van der Waals surface area contributed by atoms with E-state index < -0.39 is 0 Å². The van der Waals surface area contributed by atoms with Gasteiger partial charge in [0.2, 0.25) is 0 Å². The van der Waals surface area contributed by atoms with Crippen LogP contribution >= 0.6 is 27.3 Å². The maximum absolute atomic E-state index is 5.41. The van der Waals surface area contributed by atoms with Crippen LogP contribution in [0.5, 0.6) is 0 Å². The Bertz CT molecular complexity index is 445. The predicted octanol–water partition coefficient (Wildman–Crippen LogP) is 3.20. The summed E-state index contributed by atoms with van der Waals surface area (Å²) in [4.78, 5) is 4.08. The fourth-order valence-electron chi connectivity index (χ4n) is 3.26. The topological polar surface area (TPSA) is 24.5 Å². The van der Waals surface area contributed by atoms with Gasteiger partial charge in [0.1, 0.15) is 0 Å². The number of hydrogen-bond acceptors (Lipinski definition) is 4. The van der Waals surface area contributed by atoms with Gasteiger partial charge in [0.25, 0.3) is 0 Å². The smallest absolute Gasteiger partial charge is 0.0704 e. The summed E-state index contributed by atoms with van der Waals surface area (Å²) in [6.07, 6.45) is 3.83. The lowest BCUT2D eigenvalue weighted by Gasteiger charge is -2.32. The van der Waals surface area contributed by atoms with Crippen molar-refractivity contribution in [2.45, 2.75) is 38.3 Å². The van der Waals surface area contributed by atoms with Gasteiger partial charge in [0.05, 0.1) is 17.0 Å². The lowest BCUT2D eigenvalue weighted by molar-refractivity contribution is 0.0337. The van der Waals surface area contributed by atoms with Crippen molar-refractivity contribution in [2.75, 3.05) is 32.8 Å². The SMILES string of the molecule is CC(CN1CCOCC1)NC1CCCc2sc(Br)cc21. The summed E-state index contributed by atoms with van der Waals surface area (Å²) in [5, 5.41) is 3.84. The van der Waals surface area contributed by atoms with Crippen LogP contribution in [0.1, 0.15) is 36.2 Å². The zero-order valence-corrected chi connectivity index (χ0v) is 14.4. The quantitative estimate of drug-likeness (QED) is 0.894. The van der Waals surface area contributed by atoms with Crippen LogP contribution in [0.3, 0.4) is 0 Å². The first kappa shape index (κ1) is 15.0. The van der Waals surface area contributed by atoms with E-state index in [0.717, 1.165) is 32.8 Å². The molecule has 1 saturated heterocycles. The van der Waals surface area contributed by atoms with E-state index in [1.807, 2.05) is 11.3 Å². The monoisotopic (exact) mass is 358 g/mol. The van der Waals surface area contributed by atoms with Crippen molar-refractivity contribution in [3.8, 4) is 0 Å². The van der Waals surface area contributed by atoms with Gasteiger partial charge in [-0.05, 0) is 53.7 Å². The van der Waals surface area contributed by atoms with Crippen molar-refractivity contribution < 1.29 is 4.74 Å². The molecule has 1 aliphatic carbocycles. The summed E-state index contributed by atoms with van der Waals surface area (Å²) in [5.41, 5.74) is 1.53. The molecule has 3 nitrogen and oxygen atoms in total. The van der Waals surface area contributed by atoms with E-state index in [1.165, 1.54) is 28.6 Å². The minimum atomic E-state index is 0.530. The molecule has 0 radical (unpaired) electrons. The average Bonchev–Trinajstić information content (AvgIpc) is 2.81. The Labute approximate surface area is 133 Å². The number of rotatable bonds is 4. The molecule has 1 N–H and O–H groups in total. The lowest BCUT2D eigenvalue weighted by Crippen LogP contribution is -2.45. The van der Waals surface area contributed by atoms with Crippen molar-refractivity contribution in [1.82, 2.24) is 10.2 Å².